The molecule has 1 aliphatic carbocycles. The molecule has 2 heterocycles. The summed E-state index contributed by atoms with van der Waals surface area (Å²) < 4.78 is 30.6. The fourth-order valence-corrected chi connectivity index (χ4v) is 5.92. The first-order chi connectivity index (χ1) is 18.0. The van der Waals surface area contributed by atoms with E-state index in [-0.39, 0.29) is 22.0 Å². The van der Waals surface area contributed by atoms with E-state index in [1.807, 2.05) is 22.8 Å². The van der Waals surface area contributed by atoms with Gasteiger partial charge in [-0.1, -0.05) is 38.1 Å². The van der Waals surface area contributed by atoms with Crippen molar-refractivity contribution in [1.82, 2.24) is 14.5 Å². The molecule has 0 atom stereocenters. The van der Waals surface area contributed by atoms with Gasteiger partial charge in [0.2, 0.25) is 5.95 Å². The summed E-state index contributed by atoms with van der Waals surface area (Å²) >= 11 is 0. The van der Waals surface area contributed by atoms with Crippen LogP contribution in [0.5, 0.6) is 0 Å². The Morgan fingerprint density at radius 1 is 0.921 bits per heavy atom. The Labute approximate surface area is 221 Å². The molecule has 0 saturated heterocycles. The second-order valence-corrected chi connectivity index (χ2v) is 12.2. The first kappa shape index (κ1) is 25.5. The van der Waals surface area contributed by atoms with Crippen LogP contribution in [-0.4, -0.2) is 35.0 Å². The maximum absolute atomic E-state index is 13.1. The average Bonchev–Trinajstić information content (AvgIpc) is 3.22. The van der Waals surface area contributed by atoms with Crippen molar-refractivity contribution >= 4 is 28.0 Å². The summed E-state index contributed by atoms with van der Waals surface area (Å²) in [5.74, 6) is 0.102. The van der Waals surface area contributed by atoms with E-state index >= 15 is 0 Å². The van der Waals surface area contributed by atoms with E-state index in [1.54, 1.807) is 44.2 Å². The molecule has 8 nitrogen and oxygen atoms in total. The summed E-state index contributed by atoms with van der Waals surface area (Å²) in [6.45, 7) is 7.69. The third kappa shape index (κ3) is 4.89. The van der Waals surface area contributed by atoms with E-state index in [0.717, 1.165) is 28.9 Å². The van der Waals surface area contributed by atoms with Gasteiger partial charge < -0.3 is 4.57 Å². The Morgan fingerprint density at radius 2 is 1.55 bits per heavy atom. The SMILES string of the molecule is Cc1cc(C)nc(NS(=O)(=O)c2ccc(-n3c(-c4ccc(C=O)cc4)cc4c3CC(C)(C)CC4=O)cc2)n1. The van der Waals surface area contributed by atoms with Crippen molar-refractivity contribution < 1.29 is 18.0 Å². The van der Waals surface area contributed by atoms with Crippen molar-refractivity contribution in [2.24, 2.45) is 5.41 Å². The molecule has 0 unspecified atom stereocenters. The molecule has 0 aliphatic heterocycles. The summed E-state index contributed by atoms with van der Waals surface area (Å²) in [5, 5.41) is 0. The van der Waals surface area contributed by atoms with Gasteiger partial charge in [0.15, 0.2) is 5.78 Å². The Kier molecular flexibility index (Phi) is 6.27. The fraction of sp³-hybridized carbons (Fsp3) is 0.241. The molecule has 1 N–H and O–H groups in total. The van der Waals surface area contributed by atoms with Crippen LogP contribution in [0.4, 0.5) is 5.95 Å². The summed E-state index contributed by atoms with van der Waals surface area (Å²) in [7, 11) is -3.92. The summed E-state index contributed by atoms with van der Waals surface area (Å²) in [6, 6.07) is 17.4. The van der Waals surface area contributed by atoms with Gasteiger partial charge in [0.05, 0.1) is 10.6 Å². The third-order valence-electron chi connectivity index (χ3n) is 6.64. The number of hydrogen-bond acceptors (Lipinski definition) is 6. The number of hydrogen-bond donors (Lipinski definition) is 1. The number of fused-ring (bicyclic) bond motifs is 1. The van der Waals surface area contributed by atoms with E-state index in [1.165, 1.54) is 12.1 Å². The number of aromatic nitrogens is 3. The topological polar surface area (TPSA) is 111 Å². The second-order valence-electron chi connectivity index (χ2n) is 10.5. The number of nitrogens with zero attached hydrogens (tertiary/aromatic N) is 3. The molecule has 2 aromatic heterocycles. The highest BCUT2D eigenvalue weighted by Crippen LogP contribution is 2.40. The average molecular weight is 529 g/mol. The van der Waals surface area contributed by atoms with Crippen LogP contribution in [0.3, 0.4) is 0 Å². The number of sulfonamides is 1. The van der Waals surface area contributed by atoms with Crippen LogP contribution >= 0.6 is 0 Å². The van der Waals surface area contributed by atoms with Gasteiger partial charge in [-0.2, -0.15) is 0 Å². The largest absolute Gasteiger partial charge is 0.313 e. The summed E-state index contributed by atoms with van der Waals surface area (Å²) in [4.78, 5) is 32.7. The van der Waals surface area contributed by atoms with Crippen LogP contribution in [0.2, 0.25) is 0 Å². The van der Waals surface area contributed by atoms with E-state index in [9.17, 15) is 18.0 Å². The monoisotopic (exact) mass is 528 g/mol. The van der Waals surface area contributed by atoms with Crippen molar-refractivity contribution in [3.8, 4) is 16.9 Å². The number of rotatable bonds is 6. The fourth-order valence-electron chi connectivity index (χ4n) is 4.98. The van der Waals surface area contributed by atoms with Crippen LogP contribution in [-0.2, 0) is 16.4 Å². The molecule has 4 aromatic rings. The first-order valence-corrected chi connectivity index (χ1v) is 13.7. The highest BCUT2D eigenvalue weighted by molar-refractivity contribution is 7.92. The van der Waals surface area contributed by atoms with Crippen molar-refractivity contribution in [2.75, 3.05) is 4.72 Å². The molecule has 38 heavy (non-hydrogen) atoms. The van der Waals surface area contributed by atoms with E-state index < -0.39 is 10.0 Å². The lowest BCUT2D eigenvalue weighted by atomic mass is 9.76. The number of benzene rings is 2. The number of aldehydes is 1. The van der Waals surface area contributed by atoms with Crippen LogP contribution in [0, 0.1) is 19.3 Å². The Morgan fingerprint density at radius 3 is 2.16 bits per heavy atom. The van der Waals surface area contributed by atoms with Crippen LogP contribution in [0.25, 0.3) is 16.9 Å². The number of carbonyl (C=O) groups is 2. The molecule has 194 valence electrons. The number of carbonyl (C=O) groups excluding carboxylic acids is 2. The lowest BCUT2D eigenvalue weighted by Crippen LogP contribution is -2.27. The van der Waals surface area contributed by atoms with Gasteiger partial charge in [-0.05, 0) is 67.6 Å². The molecule has 5 rings (SSSR count). The van der Waals surface area contributed by atoms with Crippen LogP contribution in [0.1, 0.15) is 58.1 Å². The second kappa shape index (κ2) is 9.33. The molecule has 0 bridgehead atoms. The van der Waals surface area contributed by atoms with Gasteiger partial charge >= 0.3 is 0 Å². The molecule has 0 amide bonds. The smallest absolute Gasteiger partial charge is 0.264 e. The molecule has 9 heteroatoms. The summed E-state index contributed by atoms with van der Waals surface area (Å²) in [5.41, 5.74) is 5.61. The highest BCUT2D eigenvalue weighted by atomic mass is 32.2. The molecular weight excluding hydrogens is 500 g/mol. The zero-order chi connectivity index (χ0) is 27.2. The van der Waals surface area contributed by atoms with Crippen LogP contribution in [0.15, 0.2) is 65.6 Å². The van der Waals surface area contributed by atoms with Crippen LogP contribution < -0.4 is 4.72 Å². The zero-order valence-electron chi connectivity index (χ0n) is 21.6. The quantitative estimate of drug-likeness (QED) is 0.339. The molecule has 0 spiro atoms. The Bertz CT molecular complexity index is 1650. The van der Waals surface area contributed by atoms with Gasteiger partial charge in [0.1, 0.15) is 6.29 Å². The van der Waals surface area contributed by atoms with Gasteiger partial charge in [0.25, 0.3) is 10.0 Å². The minimum absolute atomic E-state index is 0.0212. The Balaban J connectivity index is 1.58. The maximum atomic E-state index is 13.1. The first-order valence-electron chi connectivity index (χ1n) is 12.2. The number of aryl methyl sites for hydroxylation is 2. The molecule has 1 aliphatic rings. The van der Waals surface area contributed by atoms with Gasteiger partial charge in [0, 0.05) is 40.3 Å². The van der Waals surface area contributed by atoms with Gasteiger partial charge in [-0.15, -0.1) is 0 Å². The lowest BCUT2D eigenvalue weighted by Gasteiger charge is -2.30. The standard InChI is InChI=1S/C29H28N4O4S/c1-18-13-19(2)31-28(30-18)32-38(36,37)23-11-9-22(10-12-23)33-25(21-7-5-20(17-34)6-8-21)14-24-26(33)15-29(3,4)16-27(24)35/h5-14,17H,15-16H2,1-4H3,(H,30,31,32). The highest BCUT2D eigenvalue weighted by Gasteiger charge is 2.35. The predicted molar refractivity (Wildman–Crippen MR) is 145 cm³/mol. The van der Waals surface area contributed by atoms with E-state index in [0.29, 0.717) is 35.4 Å². The third-order valence-corrected chi connectivity index (χ3v) is 7.99. The molecule has 0 saturated carbocycles. The molecule has 0 fully saturated rings. The summed E-state index contributed by atoms with van der Waals surface area (Å²) in [6.07, 6.45) is 1.93. The predicted octanol–water partition coefficient (Wildman–Crippen LogP) is 5.32. The minimum atomic E-state index is -3.92. The Hall–Kier alpha value is -4.11. The minimum Gasteiger partial charge on any atom is -0.313 e. The van der Waals surface area contributed by atoms with Crippen molar-refractivity contribution in [2.45, 2.75) is 45.4 Å². The van der Waals surface area contributed by atoms with Crippen molar-refractivity contribution in [3.05, 3.63) is 88.9 Å². The van der Waals surface area contributed by atoms with Gasteiger partial charge in [-0.3, -0.25) is 9.59 Å². The number of nitrogens with one attached hydrogen (secondary N) is 1. The number of anilines is 1. The lowest BCUT2D eigenvalue weighted by molar-refractivity contribution is 0.0910. The molecule has 2 aromatic carbocycles. The van der Waals surface area contributed by atoms with Crippen molar-refractivity contribution in [3.63, 3.8) is 0 Å². The number of ketones is 1. The number of Topliss-reactive ketones (excluding diaryl/α,β-unsaturated/α-hetero) is 1. The van der Waals surface area contributed by atoms with E-state index in [4.69, 9.17) is 0 Å². The molecular formula is C29H28N4O4S. The molecule has 0 radical (unpaired) electrons. The maximum Gasteiger partial charge on any atom is 0.264 e. The van der Waals surface area contributed by atoms with Crippen molar-refractivity contribution in [1.29, 1.82) is 0 Å². The zero-order valence-corrected chi connectivity index (χ0v) is 22.5. The van der Waals surface area contributed by atoms with E-state index in [2.05, 4.69) is 28.5 Å². The van der Waals surface area contributed by atoms with Gasteiger partial charge in [-0.25, -0.2) is 23.1 Å². The normalized spacial score (nSPS) is 14.7.